The molecule has 0 heterocycles. The Kier molecular flexibility index (Phi) is 4.25. The van der Waals surface area contributed by atoms with E-state index in [0.717, 1.165) is 12.8 Å². The summed E-state index contributed by atoms with van der Waals surface area (Å²) in [4.78, 5) is 21.6. The maximum atomic E-state index is 11.2. The van der Waals surface area contributed by atoms with Crippen LogP contribution in [-0.2, 0) is 9.59 Å². The third-order valence-corrected chi connectivity index (χ3v) is 3.13. The summed E-state index contributed by atoms with van der Waals surface area (Å²) in [5.74, 6) is -0.207. The van der Waals surface area contributed by atoms with Crippen LogP contribution in [0.2, 0.25) is 0 Å². The Labute approximate surface area is 87.4 Å². The zero-order chi connectivity index (χ0) is 10.6. The van der Waals surface area contributed by atoms with Crippen molar-refractivity contribution in [3.63, 3.8) is 0 Å². The predicted octanol–water partition coefficient (Wildman–Crippen LogP) is 0.861. The lowest BCUT2D eigenvalue weighted by Crippen LogP contribution is -2.26. The first-order chi connectivity index (χ1) is 6.59. The van der Waals surface area contributed by atoms with Crippen LogP contribution < -0.4 is 5.32 Å². The monoisotopic (exact) mass is 217 g/mol. The van der Waals surface area contributed by atoms with Crippen molar-refractivity contribution in [2.45, 2.75) is 37.5 Å². The summed E-state index contributed by atoms with van der Waals surface area (Å²) in [5, 5.41) is 11.0. The fraction of sp³-hybridized carbons (Fsp3) is 0.778. The van der Waals surface area contributed by atoms with Crippen LogP contribution in [0.15, 0.2) is 0 Å². The molecule has 0 aliphatic heterocycles. The second-order valence-electron chi connectivity index (χ2n) is 3.44. The Morgan fingerprint density at radius 1 is 1.57 bits per heavy atom. The van der Waals surface area contributed by atoms with E-state index in [1.54, 1.807) is 6.92 Å². The highest BCUT2D eigenvalue weighted by Gasteiger charge is 2.23. The first kappa shape index (κ1) is 11.4. The summed E-state index contributed by atoms with van der Waals surface area (Å²) in [6.45, 7) is 1.63. The van der Waals surface area contributed by atoms with Gasteiger partial charge in [-0.2, -0.15) is 0 Å². The molecular formula is C9H15NO3S. The van der Waals surface area contributed by atoms with E-state index in [9.17, 15) is 9.59 Å². The third kappa shape index (κ3) is 4.50. The topological polar surface area (TPSA) is 66.4 Å². The highest BCUT2D eigenvalue weighted by molar-refractivity contribution is 8.00. The lowest BCUT2D eigenvalue weighted by atomic mass is 10.4. The van der Waals surface area contributed by atoms with Gasteiger partial charge in [-0.1, -0.05) is 0 Å². The lowest BCUT2D eigenvalue weighted by Gasteiger charge is -2.05. The minimum atomic E-state index is -0.822. The van der Waals surface area contributed by atoms with Crippen molar-refractivity contribution in [1.82, 2.24) is 5.32 Å². The van der Waals surface area contributed by atoms with Crippen LogP contribution >= 0.6 is 11.8 Å². The van der Waals surface area contributed by atoms with Crippen molar-refractivity contribution in [3.8, 4) is 0 Å². The lowest BCUT2D eigenvalue weighted by molar-refractivity contribution is -0.136. The molecule has 0 bridgehead atoms. The van der Waals surface area contributed by atoms with Gasteiger partial charge in [0.2, 0.25) is 5.91 Å². The Morgan fingerprint density at radius 3 is 2.71 bits per heavy atom. The molecule has 0 radical (unpaired) electrons. The van der Waals surface area contributed by atoms with Gasteiger partial charge < -0.3 is 10.4 Å². The number of nitrogens with one attached hydrogen (secondary N) is 1. The van der Waals surface area contributed by atoms with Gasteiger partial charge in [-0.05, 0) is 19.8 Å². The maximum Gasteiger partial charge on any atom is 0.316 e. The molecule has 1 aliphatic rings. The number of thioether (sulfide) groups is 1. The molecule has 1 amide bonds. The number of amides is 1. The Hall–Kier alpha value is -0.710. The summed E-state index contributed by atoms with van der Waals surface area (Å²) in [7, 11) is 0. The Bertz CT molecular complexity index is 228. The molecule has 14 heavy (non-hydrogen) atoms. The smallest absolute Gasteiger partial charge is 0.316 e. The van der Waals surface area contributed by atoms with Gasteiger partial charge in [0.25, 0.3) is 0 Å². The summed E-state index contributed by atoms with van der Waals surface area (Å²) in [5.41, 5.74) is 0. The molecule has 5 heteroatoms. The van der Waals surface area contributed by atoms with E-state index in [4.69, 9.17) is 5.11 Å². The number of carboxylic acid groups (broad SMARTS) is 1. The van der Waals surface area contributed by atoms with Gasteiger partial charge in [-0.25, -0.2) is 0 Å². The average Bonchev–Trinajstić information content (AvgIpc) is 2.87. The van der Waals surface area contributed by atoms with E-state index >= 15 is 0 Å². The quantitative estimate of drug-likeness (QED) is 0.692. The molecule has 1 fully saturated rings. The van der Waals surface area contributed by atoms with Crippen molar-refractivity contribution < 1.29 is 14.7 Å². The summed E-state index contributed by atoms with van der Waals surface area (Å²) in [6.07, 6.45) is 2.59. The van der Waals surface area contributed by atoms with Crippen LogP contribution in [0.25, 0.3) is 0 Å². The molecule has 1 saturated carbocycles. The van der Waals surface area contributed by atoms with E-state index in [1.807, 2.05) is 0 Å². The van der Waals surface area contributed by atoms with Crippen molar-refractivity contribution >= 4 is 23.6 Å². The van der Waals surface area contributed by atoms with Crippen LogP contribution in [-0.4, -0.2) is 34.0 Å². The summed E-state index contributed by atoms with van der Waals surface area (Å²) < 4.78 is 0. The zero-order valence-electron chi connectivity index (χ0n) is 8.16. The molecule has 0 aromatic heterocycles. The first-order valence-corrected chi connectivity index (χ1v) is 5.78. The maximum absolute atomic E-state index is 11.2. The standard InChI is InChI=1S/C9H15NO3S/c1-6(9(12)13)14-5-4-8(11)10-7-2-3-7/h6-7H,2-5H2,1H3,(H,10,11)(H,12,13). The van der Waals surface area contributed by atoms with Crippen LogP contribution in [0.4, 0.5) is 0 Å². The number of aliphatic carboxylic acids is 1. The molecule has 0 spiro atoms. The molecule has 2 N–H and O–H groups in total. The van der Waals surface area contributed by atoms with E-state index in [2.05, 4.69) is 5.32 Å². The molecule has 1 aliphatic carbocycles. The van der Waals surface area contributed by atoms with Gasteiger partial charge in [-0.3, -0.25) is 9.59 Å². The van der Waals surface area contributed by atoms with Gasteiger partial charge in [0, 0.05) is 18.2 Å². The second-order valence-corrected chi connectivity index (χ2v) is 4.89. The van der Waals surface area contributed by atoms with E-state index < -0.39 is 11.2 Å². The normalized spacial score (nSPS) is 17.5. The van der Waals surface area contributed by atoms with E-state index in [1.165, 1.54) is 11.8 Å². The predicted molar refractivity (Wildman–Crippen MR) is 55.3 cm³/mol. The summed E-state index contributed by atoms with van der Waals surface area (Å²) >= 11 is 1.30. The fourth-order valence-electron chi connectivity index (χ4n) is 0.927. The Morgan fingerprint density at radius 2 is 2.21 bits per heavy atom. The molecule has 0 aromatic carbocycles. The molecule has 1 unspecified atom stereocenters. The van der Waals surface area contributed by atoms with Crippen LogP contribution in [0, 0.1) is 0 Å². The number of hydrogen-bond acceptors (Lipinski definition) is 3. The third-order valence-electron chi connectivity index (χ3n) is 1.99. The number of hydrogen-bond donors (Lipinski definition) is 2. The molecular weight excluding hydrogens is 202 g/mol. The number of carboxylic acids is 1. The minimum absolute atomic E-state index is 0.0394. The van der Waals surface area contributed by atoms with E-state index in [-0.39, 0.29) is 5.91 Å². The molecule has 80 valence electrons. The van der Waals surface area contributed by atoms with Crippen LogP contribution in [0.5, 0.6) is 0 Å². The highest BCUT2D eigenvalue weighted by atomic mass is 32.2. The average molecular weight is 217 g/mol. The SMILES string of the molecule is CC(SCCC(=O)NC1CC1)C(=O)O. The molecule has 4 nitrogen and oxygen atoms in total. The zero-order valence-corrected chi connectivity index (χ0v) is 8.97. The fourth-order valence-corrected chi connectivity index (χ4v) is 1.73. The van der Waals surface area contributed by atoms with Gasteiger partial charge in [0.1, 0.15) is 0 Å². The number of rotatable bonds is 6. The number of carbonyl (C=O) groups is 2. The van der Waals surface area contributed by atoms with Crippen LogP contribution in [0.3, 0.4) is 0 Å². The molecule has 0 saturated heterocycles. The summed E-state index contributed by atoms with van der Waals surface area (Å²) in [6, 6.07) is 0.393. The highest BCUT2D eigenvalue weighted by Crippen LogP contribution is 2.19. The van der Waals surface area contributed by atoms with Gasteiger partial charge in [0.15, 0.2) is 0 Å². The van der Waals surface area contributed by atoms with Crippen molar-refractivity contribution in [2.75, 3.05) is 5.75 Å². The van der Waals surface area contributed by atoms with E-state index in [0.29, 0.717) is 18.2 Å². The van der Waals surface area contributed by atoms with Crippen molar-refractivity contribution in [1.29, 1.82) is 0 Å². The number of carbonyl (C=O) groups excluding carboxylic acids is 1. The largest absolute Gasteiger partial charge is 0.480 e. The minimum Gasteiger partial charge on any atom is -0.480 e. The first-order valence-electron chi connectivity index (χ1n) is 4.73. The molecule has 1 rings (SSSR count). The van der Waals surface area contributed by atoms with Gasteiger partial charge in [0.05, 0.1) is 5.25 Å². The molecule has 1 atom stereocenters. The van der Waals surface area contributed by atoms with Crippen molar-refractivity contribution in [3.05, 3.63) is 0 Å². The molecule has 0 aromatic rings. The van der Waals surface area contributed by atoms with Crippen molar-refractivity contribution in [2.24, 2.45) is 0 Å². The van der Waals surface area contributed by atoms with Gasteiger partial charge >= 0.3 is 5.97 Å². The second kappa shape index (κ2) is 5.24. The Balaban J connectivity index is 2.01. The van der Waals surface area contributed by atoms with Crippen LogP contribution in [0.1, 0.15) is 26.2 Å². The van der Waals surface area contributed by atoms with Gasteiger partial charge in [-0.15, -0.1) is 11.8 Å².